The highest BCUT2D eigenvalue weighted by atomic mass is 16.2. The Bertz CT molecular complexity index is 345. The SMILES string of the molecule is CCN1CC(C(=O)N2CC(CN)CC2C)CC1=O. The molecule has 5 heteroatoms. The quantitative estimate of drug-likeness (QED) is 0.773. The van der Waals surface area contributed by atoms with E-state index in [0.29, 0.717) is 32.0 Å². The zero-order valence-electron chi connectivity index (χ0n) is 11.3. The minimum Gasteiger partial charge on any atom is -0.342 e. The molecule has 3 unspecified atom stereocenters. The molecular formula is C13H23N3O2. The second-order valence-corrected chi connectivity index (χ2v) is 5.51. The van der Waals surface area contributed by atoms with Crippen molar-refractivity contribution < 1.29 is 9.59 Å². The maximum atomic E-state index is 12.4. The molecule has 2 heterocycles. The van der Waals surface area contributed by atoms with Gasteiger partial charge in [-0.25, -0.2) is 0 Å². The van der Waals surface area contributed by atoms with E-state index in [1.807, 2.05) is 11.8 Å². The Balaban J connectivity index is 1.98. The molecule has 0 bridgehead atoms. The normalized spacial score (nSPS) is 32.4. The molecule has 2 fully saturated rings. The lowest BCUT2D eigenvalue weighted by molar-refractivity contribution is -0.136. The second-order valence-electron chi connectivity index (χ2n) is 5.51. The number of carbonyl (C=O) groups is 2. The summed E-state index contributed by atoms with van der Waals surface area (Å²) in [6, 6.07) is 0.261. The van der Waals surface area contributed by atoms with E-state index in [-0.39, 0.29) is 23.8 Å². The van der Waals surface area contributed by atoms with Crippen LogP contribution in [-0.2, 0) is 9.59 Å². The number of amides is 2. The van der Waals surface area contributed by atoms with Crippen molar-refractivity contribution in [2.24, 2.45) is 17.6 Å². The Hall–Kier alpha value is -1.10. The van der Waals surface area contributed by atoms with Crippen LogP contribution in [0.5, 0.6) is 0 Å². The molecule has 2 amide bonds. The average Bonchev–Trinajstić information content (AvgIpc) is 2.91. The van der Waals surface area contributed by atoms with E-state index in [4.69, 9.17) is 5.73 Å². The van der Waals surface area contributed by atoms with E-state index in [1.165, 1.54) is 0 Å². The lowest BCUT2D eigenvalue weighted by atomic mass is 10.1. The molecule has 102 valence electrons. The van der Waals surface area contributed by atoms with Gasteiger partial charge in [-0.2, -0.15) is 0 Å². The molecule has 2 aliphatic rings. The lowest BCUT2D eigenvalue weighted by Gasteiger charge is -2.24. The zero-order chi connectivity index (χ0) is 13.3. The van der Waals surface area contributed by atoms with Crippen LogP contribution in [0.25, 0.3) is 0 Å². The van der Waals surface area contributed by atoms with Crippen LogP contribution in [0.15, 0.2) is 0 Å². The third-order valence-electron chi connectivity index (χ3n) is 4.22. The molecule has 0 aromatic heterocycles. The fraction of sp³-hybridized carbons (Fsp3) is 0.846. The van der Waals surface area contributed by atoms with Crippen LogP contribution in [0.3, 0.4) is 0 Å². The van der Waals surface area contributed by atoms with Gasteiger partial charge in [0.2, 0.25) is 11.8 Å². The summed E-state index contributed by atoms with van der Waals surface area (Å²) in [5.41, 5.74) is 5.68. The average molecular weight is 253 g/mol. The Labute approximate surface area is 108 Å². The molecule has 0 aromatic rings. The summed E-state index contributed by atoms with van der Waals surface area (Å²) in [7, 11) is 0. The Morgan fingerprint density at radius 2 is 2.17 bits per heavy atom. The van der Waals surface area contributed by atoms with Crippen molar-refractivity contribution in [3.8, 4) is 0 Å². The first-order valence-electron chi connectivity index (χ1n) is 6.85. The van der Waals surface area contributed by atoms with Crippen molar-refractivity contribution in [1.29, 1.82) is 0 Å². The fourth-order valence-electron chi connectivity index (χ4n) is 3.10. The van der Waals surface area contributed by atoms with Crippen molar-refractivity contribution in [3.05, 3.63) is 0 Å². The molecule has 0 spiro atoms. The number of carbonyl (C=O) groups excluding carboxylic acids is 2. The first-order chi connectivity index (χ1) is 8.56. The lowest BCUT2D eigenvalue weighted by Crippen LogP contribution is -2.39. The number of hydrogen-bond donors (Lipinski definition) is 1. The Morgan fingerprint density at radius 3 is 2.67 bits per heavy atom. The van der Waals surface area contributed by atoms with Crippen molar-refractivity contribution >= 4 is 11.8 Å². The molecule has 0 aliphatic carbocycles. The molecular weight excluding hydrogens is 230 g/mol. The maximum Gasteiger partial charge on any atom is 0.228 e. The first-order valence-corrected chi connectivity index (χ1v) is 6.85. The predicted molar refractivity (Wildman–Crippen MR) is 68.7 cm³/mol. The molecule has 3 atom stereocenters. The molecule has 2 N–H and O–H groups in total. The van der Waals surface area contributed by atoms with Gasteiger partial charge in [-0.15, -0.1) is 0 Å². The highest BCUT2D eigenvalue weighted by Crippen LogP contribution is 2.27. The van der Waals surface area contributed by atoms with Gasteiger partial charge in [0, 0.05) is 32.1 Å². The van der Waals surface area contributed by atoms with Crippen LogP contribution in [0.2, 0.25) is 0 Å². The van der Waals surface area contributed by atoms with Gasteiger partial charge in [-0.05, 0) is 32.7 Å². The van der Waals surface area contributed by atoms with Gasteiger partial charge < -0.3 is 15.5 Å². The summed E-state index contributed by atoms with van der Waals surface area (Å²) in [5, 5.41) is 0. The molecule has 0 radical (unpaired) electrons. The highest BCUT2D eigenvalue weighted by Gasteiger charge is 2.39. The number of likely N-dealkylation sites (tertiary alicyclic amines) is 2. The summed E-state index contributed by atoms with van der Waals surface area (Å²) >= 11 is 0. The third kappa shape index (κ3) is 2.36. The van der Waals surface area contributed by atoms with Crippen LogP contribution in [-0.4, -0.2) is 53.8 Å². The molecule has 2 aliphatic heterocycles. The third-order valence-corrected chi connectivity index (χ3v) is 4.22. The minimum absolute atomic E-state index is 0.109. The smallest absolute Gasteiger partial charge is 0.228 e. The maximum absolute atomic E-state index is 12.4. The van der Waals surface area contributed by atoms with Gasteiger partial charge in [0.15, 0.2) is 0 Å². The van der Waals surface area contributed by atoms with Crippen LogP contribution >= 0.6 is 0 Å². The first kappa shape index (κ1) is 13.3. The molecule has 18 heavy (non-hydrogen) atoms. The van der Waals surface area contributed by atoms with Gasteiger partial charge >= 0.3 is 0 Å². The highest BCUT2D eigenvalue weighted by molar-refractivity contribution is 5.89. The summed E-state index contributed by atoms with van der Waals surface area (Å²) in [4.78, 5) is 27.8. The molecule has 5 nitrogen and oxygen atoms in total. The van der Waals surface area contributed by atoms with Gasteiger partial charge in [-0.1, -0.05) is 0 Å². The molecule has 0 saturated carbocycles. The summed E-state index contributed by atoms with van der Waals surface area (Å²) in [6.07, 6.45) is 1.36. The summed E-state index contributed by atoms with van der Waals surface area (Å²) in [6.45, 7) is 6.70. The van der Waals surface area contributed by atoms with E-state index in [9.17, 15) is 9.59 Å². The van der Waals surface area contributed by atoms with Crippen molar-refractivity contribution in [3.63, 3.8) is 0 Å². The largest absolute Gasteiger partial charge is 0.342 e. The van der Waals surface area contributed by atoms with E-state index in [0.717, 1.165) is 13.0 Å². The molecule has 2 rings (SSSR count). The minimum atomic E-state index is -0.142. The Morgan fingerprint density at radius 1 is 1.44 bits per heavy atom. The molecule has 0 aromatic carbocycles. The standard InChI is InChI=1S/C13H23N3O2/c1-3-15-8-11(5-12(15)17)13(18)16-7-10(6-14)4-9(16)2/h9-11H,3-8,14H2,1-2H3. The second kappa shape index (κ2) is 5.26. The van der Waals surface area contributed by atoms with Gasteiger partial charge in [-0.3, -0.25) is 9.59 Å². The van der Waals surface area contributed by atoms with Crippen molar-refractivity contribution in [2.75, 3.05) is 26.2 Å². The Kier molecular flexibility index (Phi) is 3.90. The van der Waals surface area contributed by atoms with E-state index >= 15 is 0 Å². The number of nitrogens with zero attached hydrogens (tertiary/aromatic N) is 2. The van der Waals surface area contributed by atoms with Crippen molar-refractivity contribution in [1.82, 2.24) is 9.80 Å². The van der Waals surface area contributed by atoms with E-state index in [1.54, 1.807) is 4.90 Å². The zero-order valence-corrected chi connectivity index (χ0v) is 11.3. The topological polar surface area (TPSA) is 66.6 Å². The van der Waals surface area contributed by atoms with E-state index < -0.39 is 0 Å². The van der Waals surface area contributed by atoms with Crippen LogP contribution in [0, 0.1) is 11.8 Å². The van der Waals surface area contributed by atoms with Crippen LogP contribution in [0.4, 0.5) is 0 Å². The van der Waals surface area contributed by atoms with Gasteiger partial charge in [0.25, 0.3) is 0 Å². The number of hydrogen-bond acceptors (Lipinski definition) is 3. The monoisotopic (exact) mass is 253 g/mol. The summed E-state index contributed by atoms with van der Waals surface area (Å²) in [5.74, 6) is 0.528. The number of nitrogens with two attached hydrogens (primary N) is 1. The fourth-order valence-corrected chi connectivity index (χ4v) is 3.10. The van der Waals surface area contributed by atoms with Crippen molar-refractivity contribution in [2.45, 2.75) is 32.7 Å². The number of rotatable bonds is 3. The van der Waals surface area contributed by atoms with Crippen LogP contribution < -0.4 is 5.73 Å². The van der Waals surface area contributed by atoms with E-state index in [2.05, 4.69) is 6.92 Å². The molecule has 2 saturated heterocycles. The van der Waals surface area contributed by atoms with Gasteiger partial charge in [0.1, 0.15) is 0 Å². The van der Waals surface area contributed by atoms with Crippen LogP contribution in [0.1, 0.15) is 26.7 Å². The van der Waals surface area contributed by atoms with Gasteiger partial charge in [0.05, 0.1) is 5.92 Å². The summed E-state index contributed by atoms with van der Waals surface area (Å²) < 4.78 is 0. The predicted octanol–water partition coefficient (Wildman–Crippen LogP) is 0.0505.